The molecule has 0 bridgehead atoms. The molecule has 0 aromatic carbocycles. The van der Waals surface area contributed by atoms with Crippen LogP contribution in [0.3, 0.4) is 0 Å². The van der Waals surface area contributed by atoms with Gasteiger partial charge in [-0.25, -0.2) is 0 Å². The molecule has 2 unspecified atom stereocenters. The molecule has 0 aromatic rings. The Hall–Kier alpha value is -0.120. The van der Waals surface area contributed by atoms with E-state index in [0.29, 0.717) is 6.04 Å². The molecule has 0 spiro atoms. The van der Waals surface area contributed by atoms with Crippen molar-refractivity contribution in [1.29, 1.82) is 0 Å². The minimum absolute atomic E-state index is 0.141. The lowest BCUT2D eigenvalue weighted by molar-refractivity contribution is -0.0519. The lowest BCUT2D eigenvalue weighted by atomic mass is 10.1. The van der Waals surface area contributed by atoms with Crippen LogP contribution in [0.25, 0.3) is 0 Å². The van der Waals surface area contributed by atoms with Crippen LogP contribution in [0.2, 0.25) is 0 Å². The zero-order valence-corrected chi connectivity index (χ0v) is 8.58. The van der Waals surface area contributed by atoms with Crippen molar-refractivity contribution < 1.29 is 9.84 Å². The van der Waals surface area contributed by atoms with Gasteiger partial charge in [0, 0.05) is 6.04 Å². The van der Waals surface area contributed by atoms with E-state index >= 15 is 0 Å². The van der Waals surface area contributed by atoms with Gasteiger partial charge in [0.1, 0.15) is 6.79 Å². The molecule has 0 saturated heterocycles. The predicted octanol–water partition coefficient (Wildman–Crippen LogP) is 1.07. The molecule has 74 valence electrons. The maximum absolute atomic E-state index is 8.53. The van der Waals surface area contributed by atoms with Gasteiger partial charge in [-0.1, -0.05) is 6.92 Å². The summed E-state index contributed by atoms with van der Waals surface area (Å²) in [4.78, 5) is 2.19. The van der Waals surface area contributed by atoms with Crippen molar-refractivity contribution >= 4 is 0 Å². The normalized spacial score (nSPS) is 16.5. The van der Waals surface area contributed by atoms with Crippen molar-refractivity contribution in [2.75, 3.05) is 20.9 Å². The second-order valence-electron chi connectivity index (χ2n) is 3.37. The summed E-state index contributed by atoms with van der Waals surface area (Å²) >= 11 is 0. The average molecular weight is 175 g/mol. The fourth-order valence-electron chi connectivity index (χ4n) is 1.32. The Bertz CT molecular complexity index is 107. The topological polar surface area (TPSA) is 32.7 Å². The fourth-order valence-corrected chi connectivity index (χ4v) is 1.32. The monoisotopic (exact) mass is 175 g/mol. The zero-order valence-electron chi connectivity index (χ0n) is 8.58. The molecule has 0 rings (SSSR count). The molecule has 1 N–H and O–H groups in total. The smallest absolute Gasteiger partial charge is 0.143 e. The van der Waals surface area contributed by atoms with Crippen LogP contribution < -0.4 is 0 Å². The number of aliphatic hydroxyl groups is 1. The highest BCUT2D eigenvalue weighted by Crippen LogP contribution is 2.09. The standard InChI is InChI=1S/C9H21NO2/c1-5-9(10(3)4)6-8(2)12-7-11/h8-9,11H,5-7H2,1-4H3. The maximum Gasteiger partial charge on any atom is 0.143 e. The Labute approximate surface area is 75.3 Å². The van der Waals surface area contributed by atoms with Gasteiger partial charge < -0.3 is 14.7 Å². The van der Waals surface area contributed by atoms with Crippen molar-refractivity contribution in [2.24, 2.45) is 0 Å². The molecule has 0 aliphatic rings. The SMILES string of the molecule is CCC(CC(C)OCO)N(C)C. The Morgan fingerprint density at radius 3 is 2.33 bits per heavy atom. The van der Waals surface area contributed by atoms with Gasteiger partial charge in [0.25, 0.3) is 0 Å². The Kier molecular flexibility index (Phi) is 6.34. The molecule has 0 aliphatic carbocycles. The number of hydrogen-bond acceptors (Lipinski definition) is 3. The molecule has 3 heteroatoms. The molecule has 0 radical (unpaired) electrons. The number of ether oxygens (including phenoxy) is 1. The second kappa shape index (κ2) is 6.40. The summed E-state index contributed by atoms with van der Waals surface area (Å²) in [6.45, 7) is 3.98. The van der Waals surface area contributed by atoms with Gasteiger partial charge in [-0.05, 0) is 33.9 Å². The highest BCUT2D eigenvalue weighted by Gasteiger charge is 2.13. The van der Waals surface area contributed by atoms with Crippen LogP contribution in [0.5, 0.6) is 0 Å². The minimum atomic E-state index is -0.176. The van der Waals surface area contributed by atoms with E-state index < -0.39 is 0 Å². The number of hydrogen-bond donors (Lipinski definition) is 1. The third kappa shape index (κ3) is 4.70. The number of rotatable bonds is 6. The lowest BCUT2D eigenvalue weighted by Crippen LogP contribution is -2.31. The zero-order chi connectivity index (χ0) is 9.56. The van der Waals surface area contributed by atoms with Crippen molar-refractivity contribution in [3.63, 3.8) is 0 Å². The fraction of sp³-hybridized carbons (Fsp3) is 1.00. The van der Waals surface area contributed by atoms with Gasteiger partial charge in [0.05, 0.1) is 6.10 Å². The molecule has 2 atom stereocenters. The van der Waals surface area contributed by atoms with Crippen LogP contribution in [0.1, 0.15) is 26.7 Å². The van der Waals surface area contributed by atoms with Crippen LogP contribution in [0, 0.1) is 0 Å². The molecular weight excluding hydrogens is 154 g/mol. The molecule has 0 fully saturated rings. The van der Waals surface area contributed by atoms with Gasteiger partial charge in [-0.3, -0.25) is 0 Å². The highest BCUT2D eigenvalue weighted by atomic mass is 16.6. The van der Waals surface area contributed by atoms with E-state index in [0.717, 1.165) is 12.8 Å². The van der Waals surface area contributed by atoms with Gasteiger partial charge in [-0.2, -0.15) is 0 Å². The van der Waals surface area contributed by atoms with Crippen LogP contribution >= 0.6 is 0 Å². The molecule has 0 aliphatic heterocycles. The maximum atomic E-state index is 8.53. The first-order valence-corrected chi connectivity index (χ1v) is 4.50. The summed E-state index contributed by atoms with van der Waals surface area (Å²) in [5.41, 5.74) is 0. The van der Waals surface area contributed by atoms with Crippen molar-refractivity contribution in [2.45, 2.75) is 38.8 Å². The van der Waals surface area contributed by atoms with E-state index in [-0.39, 0.29) is 12.9 Å². The van der Waals surface area contributed by atoms with E-state index in [2.05, 4.69) is 25.9 Å². The van der Waals surface area contributed by atoms with Gasteiger partial charge in [0.15, 0.2) is 0 Å². The molecule has 0 aromatic heterocycles. The predicted molar refractivity (Wildman–Crippen MR) is 50.0 cm³/mol. The summed E-state index contributed by atoms with van der Waals surface area (Å²) in [6.07, 6.45) is 2.23. The molecule has 0 saturated carbocycles. The van der Waals surface area contributed by atoms with Gasteiger partial charge >= 0.3 is 0 Å². The Morgan fingerprint density at radius 2 is 2.00 bits per heavy atom. The largest absolute Gasteiger partial charge is 0.371 e. The van der Waals surface area contributed by atoms with Crippen molar-refractivity contribution in [3.05, 3.63) is 0 Å². The average Bonchev–Trinajstić information content (AvgIpc) is 2.00. The Morgan fingerprint density at radius 1 is 1.42 bits per heavy atom. The molecule has 0 amide bonds. The van der Waals surface area contributed by atoms with Crippen LogP contribution in [0.4, 0.5) is 0 Å². The highest BCUT2D eigenvalue weighted by molar-refractivity contribution is 4.67. The summed E-state index contributed by atoms with van der Waals surface area (Å²) in [5, 5.41) is 8.53. The molecule has 3 nitrogen and oxygen atoms in total. The first kappa shape index (κ1) is 11.9. The Balaban J connectivity index is 3.69. The number of aliphatic hydroxyl groups excluding tert-OH is 1. The van der Waals surface area contributed by atoms with Crippen LogP contribution in [0.15, 0.2) is 0 Å². The van der Waals surface area contributed by atoms with E-state index in [1.54, 1.807) is 0 Å². The summed E-state index contributed by atoms with van der Waals surface area (Å²) in [7, 11) is 4.14. The quantitative estimate of drug-likeness (QED) is 0.613. The molecule has 12 heavy (non-hydrogen) atoms. The van der Waals surface area contributed by atoms with Gasteiger partial charge in [-0.15, -0.1) is 0 Å². The third-order valence-corrected chi connectivity index (χ3v) is 2.16. The third-order valence-electron chi connectivity index (χ3n) is 2.16. The first-order valence-electron chi connectivity index (χ1n) is 4.50. The van der Waals surface area contributed by atoms with Crippen LogP contribution in [-0.2, 0) is 4.74 Å². The van der Waals surface area contributed by atoms with E-state index in [1.807, 2.05) is 6.92 Å². The number of nitrogens with zero attached hydrogens (tertiary/aromatic N) is 1. The van der Waals surface area contributed by atoms with Crippen molar-refractivity contribution in [3.8, 4) is 0 Å². The van der Waals surface area contributed by atoms with E-state index in [1.165, 1.54) is 0 Å². The second-order valence-corrected chi connectivity index (χ2v) is 3.37. The first-order chi connectivity index (χ1) is 5.61. The molecular formula is C9H21NO2. The summed E-state index contributed by atoms with van der Waals surface area (Å²) in [5.74, 6) is 0. The summed E-state index contributed by atoms with van der Waals surface area (Å²) in [6, 6.07) is 0.548. The van der Waals surface area contributed by atoms with E-state index in [9.17, 15) is 0 Å². The van der Waals surface area contributed by atoms with Gasteiger partial charge in [0.2, 0.25) is 0 Å². The van der Waals surface area contributed by atoms with Crippen LogP contribution in [-0.4, -0.2) is 43.0 Å². The van der Waals surface area contributed by atoms with Crippen molar-refractivity contribution in [1.82, 2.24) is 4.90 Å². The summed E-state index contributed by atoms with van der Waals surface area (Å²) < 4.78 is 5.05. The molecule has 0 heterocycles. The lowest BCUT2D eigenvalue weighted by Gasteiger charge is -2.25. The van der Waals surface area contributed by atoms with E-state index in [4.69, 9.17) is 9.84 Å². The minimum Gasteiger partial charge on any atom is -0.371 e.